The van der Waals surface area contributed by atoms with E-state index in [9.17, 15) is 4.79 Å². The first-order valence-electron chi connectivity index (χ1n) is 6.45. The maximum atomic E-state index is 10.9. The number of nitrogens with one attached hydrogen (secondary N) is 1. The lowest BCUT2D eigenvalue weighted by atomic mass is 10.1. The van der Waals surface area contributed by atoms with Crippen LogP contribution in [0.5, 0.6) is 0 Å². The number of hydrogen-bond donors (Lipinski definition) is 2. The summed E-state index contributed by atoms with van der Waals surface area (Å²) < 4.78 is 0.756. The largest absolute Gasteiger partial charge is 0.478 e. The monoisotopic (exact) mass is 333 g/mol. The zero-order chi connectivity index (χ0) is 14.5. The number of halogens is 1. The van der Waals surface area contributed by atoms with Gasteiger partial charge in [0.2, 0.25) is 0 Å². The Bertz CT molecular complexity index is 626. The Kier molecular flexibility index (Phi) is 4.79. The van der Waals surface area contributed by atoms with Gasteiger partial charge in [0, 0.05) is 16.7 Å². The number of rotatable bonds is 5. The second-order valence-electron chi connectivity index (χ2n) is 4.48. The molecule has 20 heavy (non-hydrogen) atoms. The summed E-state index contributed by atoms with van der Waals surface area (Å²) in [5.74, 6) is -0.923. The van der Waals surface area contributed by atoms with Crippen molar-refractivity contribution < 1.29 is 9.90 Å². The summed E-state index contributed by atoms with van der Waals surface area (Å²) in [6.45, 7) is 2.85. The summed E-state index contributed by atoms with van der Waals surface area (Å²) in [5.41, 5.74) is 3.74. The number of aromatic carboxylic acids is 1. The first-order valence-corrected chi connectivity index (χ1v) is 7.24. The number of carboxylic acids is 1. The summed E-state index contributed by atoms with van der Waals surface area (Å²) in [6.07, 6.45) is 0.997. The Morgan fingerprint density at radius 1 is 1.20 bits per heavy atom. The molecule has 2 aromatic rings. The van der Waals surface area contributed by atoms with E-state index in [1.807, 2.05) is 12.1 Å². The minimum absolute atomic E-state index is 0.274. The van der Waals surface area contributed by atoms with Gasteiger partial charge in [-0.25, -0.2) is 4.79 Å². The van der Waals surface area contributed by atoms with Crippen LogP contribution in [0.1, 0.15) is 28.4 Å². The topological polar surface area (TPSA) is 49.3 Å². The molecule has 0 amide bonds. The number of hydrogen-bond acceptors (Lipinski definition) is 2. The summed E-state index contributed by atoms with van der Waals surface area (Å²) >= 11 is 3.40. The van der Waals surface area contributed by atoms with E-state index in [-0.39, 0.29) is 5.56 Å². The zero-order valence-corrected chi connectivity index (χ0v) is 12.8. The fourth-order valence-corrected chi connectivity index (χ4v) is 2.58. The molecule has 0 unspecified atom stereocenters. The number of benzene rings is 2. The van der Waals surface area contributed by atoms with Crippen LogP contribution < -0.4 is 5.32 Å². The van der Waals surface area contributed by atoms with Crippen LogP contribution in [0.15, 0.2) is 46.9 Å². The third kappa shape index (κ3) is 3.39. The SMILES string of the molecule is CCc1ccccc1CNc1ccc(C(=O)O)cc1Br. The van der Waals surface area contributed by atoms with Crippen LogP contribution in [-0.2, 0) is 13.0 Å². The molecule has 0 saturated carbocycles. The van der Waals surface area contributed by atoms with Gasteiger partial charge in [-0.3, -0.25) is 0 Å². The van der Waals surface area contributed by atoms with E-state index in [0.717, 1.165) is 23.1 Å². The maximum absolute atomic E-state index is 10.9. The molecule has 2 aromatic carbocycles. The Morgan fingerprint density at radius 2 is 1.90 bits per heavy atom. The van der Waals surface area contributed by atoms with Gasteiger partial charge in [0.05, 0.1) is 5.56 Å². The van der Waals surface area contributed by atoms with Crippen molar-refractivity contribution in [2.75, 3.05) is 5.32 Å². The van der Waals surface area contributed by atoms with Gasteiger partial charge in [0.15, 0.2) is 0 Å². The molecule has 0 fully saturated rings. The van der Waals surface area contributed by atoms with Crippen LogP contribution in [-0.4, -0.2) is 11.1 Å². The first-order chi connectivity index (χ1) is 9.61. The lowest BCUT2D eigenvalue weighted by Gasteiger charge is -2.12. The van der Waals surface area contributed by atoms with Crippen LogP contribution in [0.25, 0.3) is 0 Å². The molecule has 0 aromatic heterocycles. The highest BCUT2D eigenvalue weighted by atomic mass is 79.9. The quantitative estimate of drug-likeness (QED) is 0.856. The van der Waals surface area contributed by atoms with Crippen molar-refractivity contribution in [1.29, 1.82) is 0 Å². The van der Waals surface area contributed by atoms with Crippen molar-refractivity contribution in [3.8, 4) is 0 Å². The molecule has 0 radical (unpaired) electrons. The van der Waals surface area contributed by atoms with Gasteiger partial charge < -0.3 is 10.4 Å². The molecule has 0 saturated heterocycles. The van der Waals surface area contributed by atoms with E-state index in [1.54, 1.807) is 18.2 Å². The van der Waals surface area contributed by atoms with E-state index < -0.39 is 5.97 Å². The number of aryl methyl sites for hydroxylation is 1. The number of carbonyl (C=O) groups is 1. The van der Waals surface area contributed by atoms with Crippen molar-refractivity contribution in [1.82, 2.24) is 0 Å². The standard InChI is InChI=1S/C16H16BrNO2/c1-2-11-5-3-4-6-13(11)10-18-15-8-7-12(16(19)20)9-14(15)17/h3-9,18H,2,10H2,1H3,(H,19,20). The van der Waals surface area contributed by atoms with Gasteiger partial charge >= 0.3 is 5.97 Å². The van der Waals surface area contributed by atoms with Gasteiger partial charge in [-0.2, -0.15) is 0 Å². The minimum Gasteiger partial charge on any atom is -0.478 e. The smallest absolute Gasteiger partial charge is 0.335 e. The Hall–Kier alpha value is -1.81. The third-order valence-corrected chi connectivity index (χ3v) is 3.84. The van der Waals surface area contributed by atoms with Crippen molar-refractivity contribution in [3.05, 3.63) is 63.6 Å². The lowest BCUT2D eigenvalue weighted by molar-refractivity contribution is 0.0697. The molecule has 3 nitrogen and oxygen atoms in total. The number of anilines is 1. The Labute approximate surface area is 126 Å². The molecule has 0 aliphatic carbocycles. The molecule has 4 heteroatoms. The molecule has 2 rings (SSSR count). The van der Waals surface area contributed by atoms with E-state index in [2.05, 4.69) is 40.3 Å². The van der Waals surface area contributed by atoms with Crippen LogP contribution in [0.2, 0.25) is 0 Å². The summed E-state index contributed by atoms with van der Waals surface area (Å²) in [4.78, 5) is 10.9. The fraction of sp³-hybridized carbons (Fsp3) is 0.188. The molecule has 2 N–H and O–H groups in total. The zero-order valence-electron chi connectivity index (χ0n) is 11.2. The molecule has 0 heterocycles. The summed E-state index contributed by atoms with van der Waals surface area (Å²) in [6, 6.07) is 13.3. The molecule has 0 aliphatic heterocycles. The van der Waals surface area contributed by atoms with Gasteiger partial charge in [0.25, 0.3) is 0 Å². The third-order valence-electron chi connectivity index (χ3n) is 3.18. The van der Waals surface area contributed by atoms with E-state index in [1.165, 1.54) is 11.1 Å². The highest BCUT2D eigenvalue weighted by Crippen LogP contribution is 2.24. The van der Waals surface area contributed by atoms with Gasteiger partial charge in [-0.1, -0.05) is 31.2 Å². The van der Waals surface area contributed by atoms with Crippen molar-refractivity contribution in [3.63, 3.8) is 0 Å². The molecule has 0 atom stereocenters. The van der Waals surface area contributed by atoms with Gasteiger partial charge in [-0.05, 0) is 51.7 Å². The van der Waals surface area contributed by atoms with Crippen molar-refractivity contribution in [2.24, 2.45) is 0 Å². The second kappa shape index (κ2) is 6.57. The lowest BCUT2D eigenvalue weighted by Crippen LogP contribution is -2.04. The summed E-state index contributed by atoms with van der Waals surface area (Å²) in [7, 11) is 0. The van der Waals surface area contributed by atoms with E-state index in [4.69, 9.17) is 5.11 Å². The van der Waals surface area contributed by atoms with Crippen LogP contribution in [0.4, 0.5) is 5.69 Å². The average molecular weight is 334 g/mol. The van der Waals surface area contributed by atoms with Crippen LogP contribution in [0.3, 0.4) is 0 Å². The van der Waals surface area contributed by atoms with Gasteiger partial charge in [-0.15, -0.1) is 0 Å². The maximum Gasteiger partial charge on any atom is 0.335 e. The van der Waals surface area contributed by atoms with Crippen LogP contribution in [0, 0.1) is 0 Å². The average Bonchev–Trinajstić information content (AvgIpc) is 2.46. The molecule has 0 aliphatic rings. The van der Waals surface area contributed by atoms with Crippen molar-refractivity contribution >= 4 is 27.6 Å². The molecular formula is C16H16BrNO2. The van der Waals surface area contributed by atoms with E-state index >= 15 is 0 Å². The van der Waals surface area contributed by atoms with E-state index in [0.29, 0.717) is 0 Å². The highest BCUT2D eigenvalue weighted by Gasteiger charge is 2.07. The molecular weight excluding hydrogens is 318 g/mol. The fourth-order valence-electron chi connectivity index (χ4n) is 2.06. The summed E-state index contributed by atoms with van der Waals surface area (Å²) in [5, 5.41) is 12.3. The van der Waals surface area contributed by atoms with Crippen molar-refractivity contribution in [2.45, 2.75) is 19.9 Å². The predicted octanol–water partition coefficient (Wildman–Crippen LogP) is 4.32. The Balaban J connectivity index is 2.13. The predicted molar refractivity (Wildman–Crippen MR) is 84.2 cm³/mol. The van der Waals surface area contributed by atoms with Gasteiger partial charge in [0.1, 0.15) is 0 Å². The molecule has 0 spiro atoms. The second-order valence-corrected chi connectivity index (χ2v) is 5.33. The highest BCUT2D eigenvalue weighted by molar-refractivity contribution is 9.10. The number of carboxylic acid groups (broad SMARTS) is 1. The molecule has 0 bridgehead atoms. The first kappa shape index (κ1) is 14.6. The minimum atomic E-state index is -0.923. The molecule has 104 valence electrons. The normalized spacial score (nSPS) is 10.3. The Morgan fingerprint density at radius 3 is 2.50 bits per heavy atom. The van der Waals surface area contributed by atoms with Crippen LogP contribution >= 0.6 is 15.9 Å².